The van der Waals surface area contributed by atoms with Gasteiger partial charge in [0.05, 0.1) is 20.8 Å². The summed E-state index contributed by atoms with van der Waals surface area (Å²) in [6.07, 6.45) is 4.09. The average molecular weight is 445 g/mol. The minimum absolute atomic E-state index is 0. The lowest BCUT2D eigenvalue weighted by atomic mass is 10.2. The van der Waals surface area contributed by atoms with Crippen LogP contribution in [0.25, 0.3) is 21.8 Å². The number of nitrogens with one attached hydrogen (secondary N) is 1. The third-order valence-corrected chi connectivity index (χ3v) is 7.11. The number of fused-ring (bicyclic) bond motifs is 2. The zero-order valence-electron chi connectivity index (χ0n) is 17.0. The Hall–Kier alpha value is -2.48. The number of rotatable bonds is 7. The van der Waals surface area contributed by atoms with Crippen molar-refractivity contribution in [2.45, 2.75) is 30.1 Å². The van der Waals surface area contributed by atoms with E-state index in [1.807, 2.05) is 6.07 Å². The summed E-state index contributed by atoms with van der Waals surface area (Å²) >= 11 is 0. The standard InChI is InChI=1S/C22H24N4O2S.ClH/c1-3-26(4-2)13-11-22-24-19-9-8-17(14-20(19)25-22)29(27,28)21-7-5-6-16-15-23-12-10-18(16)21;/h5-10,12,14-15H,3-4,11,13H2,1-2H3,(H,24,25);1H. The van der Waals surface area contributed by atoms with Crippen molar-refractivity contribution in [2.75, 3.05) is 19.6 Å². The van der Waals surface area contributed by atoms with E-state index in [1.54, 1.807) is 48.8 Å². The second-order valence-corrected chi connectivity index (χ2v) is 8.91. The molecule has 0 aliphatic carbocycles. The van der Waals surface area contributed by atoms with Gasteiger partial charge in [0.15, 0.2) is 0 Å². The third kappa shape index (κ3) is 4.19. The molecule has 0 unspecified atom stereocenters. The van der Waals surface area contributed by atoms with Crippen LogP contribution in [0.1, 0.15) is 19.7 Å². The van der Waals surface area contributed by atoms with E-state index in [1.165, 1.54) is 0 Å². The minimum Gasteiger partial charge on any atom is -0.342 e. The molecular weight excluding hydrogens is 420 g/mol. The van der Waals surface area contributed by atoms with Gasteiger partial charge in [0, 0.05) is 36.1 Å². The van der Waals surface area contributed by atoms with Crippen molar-refractivity contribution >= 4 is 44.1 Å². The van der Waals surface area contributed by atoms with E-state index in [9.17, 15) is 8.42 Å². The summed E-state index contributed by atoms with van der Waals surface area (Å²) < 4.78 is 26.7. The normalized spacial score (nSPS) is 11.8. The van der Waals surface area contributed by atoms with Crippen LogP contribution in [0.4, 0.5) is 0 Å². The molecule has 0 saturated carbocycles. The van der Waals surface area contributed by atoms with E-state index >= 15 is 0 Å². The largest absolute Gasteiger partial charge is 0.342 e. The Bertz CT molecular complexity index is 1260. The Labute approximate surface area is 182 Å². The summed E-state index contributed by atoms with van der Waals surface area (Å²) in [5.74, 6) is 0.873. The maximum absolute atomic E-state index is 13.3. The number of hydrogen-bond donors (Lipinski definition) is 1. The summed E-state index contributed by atoms with van der Waals surface area (Å²) in [6.45, 7) is 7.20. The molecule has 4 aromatic rings. The summed E-state index contributed by atoms with van der Waals surface area (Å²) in [4.78, 5) is 14.9. The van der Waals surface area contributed by atoms with Gasteiger partial charge >= 0.3 is 0 Å². The summed E-state index contributed by atoms with van der Waals surface area (Å²) in [6, 6.07) is 12.1. The molecule has 0 fully saturated rings. The highest BCUT2D eigenvalue weighted by atomic mass is 35.5. The predicted molar refractivity (Wildman–Crippen MR) is 122 cm³/mol. The molecule has 0 radical (unpaired) electrons. The molecule has 0 aliphatic rings. The van der Waals surface area contributed by atoms with Gasteiger partial charge in [-0.3, -0.25) is 4.98 Å². The van der Waals surface area contributed by atoms with Crippen molar-refractivity contribution in [3.8, 4) is 0 Å². The number of halogens is 1. The molecule has 0 spiro atoms. The molecule has 6 nitrogen and oxygen atoms in total. The number of pyridine rings is 1. The van der Waals surface area contributed by atoms with Gasteiger partial charge in [-0.1, -0.05) is 26.0 Å². The van der Waals surface area contributed by atoms with Crippen molar-refractivity contribution in [3.05, 3.63) is 60.7 Å². The molecule has 2 aromatic heterocycles. The van der Waals surface area contributed by atoms with Gasteiger partial charge in [-0.15, -0.1) is 12.4 Å². The van der Waals surface area contributed by atoms with Crippen LogP contribution in [0, 0.1) is 0 Å². The van der Waals surface area contributed by atoms with Crippen LogP contribution >= 0.6 is 12.4 Å². The van der Waals surface area contributed by atoms with Crippen molar-refractivity contribution in [3.63, 3.8) is 0 Å². The lowest BCUT2D eigenvalue weighted by Crippen LogP contribution is -2.25. The molecule has 0 amide bonds. The number of imidazole rings is 1. The number of aromatic nitrogens is 3. The second kappa shape index (κ2) is 9.12. The van der Waals surface area contributed by atoms with E-state index in [4.69, 9.17) is 0 Å². The van der Waals surface area contributed by atoms with Gasteiger partial charge in [-0.05, 0) is 43.4 Å². The Morgan fingerprint density at radius 2 is 1.87 bits per heavy atom. The first-order valence-electron chi connectivity index (χ1n) is 9.81. The highest BCUT2D eigenvalue weighted by Gasteiger charge is 2.21. The molecule has 2 aromatic carbocycles. The van der Waals surface area contributed by atoms with Gasteiger partial charge < -0.3 is 9.88 Å². The molecular formula is C22H25ClN4O2S. The van der Waals surface area contributed by atoms with Crippen LogP contribution in [-0.4, -0.2) is 47.9 Å². The van der Waals surface area contributed by atoms with Crippen molar-refractivity contribution < 1.29 is 8.42 Å². The van der Waals surface area contributed by atoms with E-state index in [2.05, 4.69) is 33.7 Å². The number of benzene rings is 2. The maximum Gasteiger partial charge on any atom is 0.207 e. The molecule has 30 heavy (non-hydrogen) atoms. The molecule has 0 atom stereocenters. The Morgan fingerprint density at radius 3 is 2.63 bits per heavy atom. The smallest absolute Gasteiger partial charge is 0.207 e. The fourth-order valence-electron chi connectivity index (χ4n) is 3.59. The molecule has 2 heterocycles. The van der Waals surface area contributed by atoms with Crippen LogP contribution in [0.5, 0.6) is 0 Å². The Morgan fingerprint density at radius 1 is 1.07 bits per heavy atom. The number of hydrogen-bond acceptors (Lipinski definition) is 5. The predicted octanol–water partition coefficient (Wildman–Crippen LogP) is 4.25. The fraction of sp³-hybridized carbons (Fsp3) is 0.273. The van der Waals surface area contributed by atoms with Crippen molar-refractivity contribution in [1.82, 2.24) is 19.9 Å². The van der Waals surface area contributed by atoms with E-state index in [-0.39, 0.29) is 22.2 Å². The lowest BCUT2D eigenvalue weighted by molar-refractivity contribution is 0.306. The Balaban J connectivity index is 0.00000256. The van der Waals surface area contributed by atoms with Gasteiger partial charge in [0.25, 0.3) is 0 Å². The zero-order chi connectivity index (χ0) is 20.4. The first-order valence-corrected chi connectivity index (χ1v) is 11.3. The molecule has 158 valence electrons. The van der Waals surface area contributed by atoms with E-state index in [0.29, 0.717) is 5.39 Å². The van der Waals surface area contributed by atoms with Crippen LogP contribution in [-0.2, 0) is 16.3 Å². The monoisotopic (exact) mass is 444 g/mol. The van der Waals surface area contributed by atoms with Gasteiger partial charge in [-0.25, -0.2) is 13.4 Å². The van der Waals surface area contributed by atoms with Crippen LogP contribution in [0.2, 0.25) is 0 Å². The molecule has 4 rings (SSSR count). The quantitative estimate of drug-likeness (QED) is 0.461. The number of H-pyrrole nitrogens is 1. The number of likely N-dealkylation sites (N-methyl/N-ethyl adjacent to an activating group) is 1. The average Bonchev–Trinajstić information content (AvgIpc) is 3.16. The maximum atomic E-state index is 13.3. The van der Waals surface area contributed by atoms with Gasteiger partial charge in [0.1, 0.15) is 5.82 Å². The second-order valence-electron chi connectivity index (χ2n) is 7.00. The molecule has 0 saturated heterocycles. The summed E-state index contributed by atoms with van der Waals surface area (Å²) in [5, 5.41) is 1.47. The van der Waals surface area contributed by atoms with E-state index < -0.39 is 9.84 Å². The highest BCUT2D eigenvalue weighted by Crippen LogP contribution is 2.29. The molecule has 8 heteroatoms. The highest BCUT2D eigenvalue weighted by molar-refractivity contribution is 7.91. The molecule has 0 bridgehead atoms. The van der Waals surface area contributed by atoms with Gasteiger partial charge in [0.2, 0.25) is 9.84 Å². The van der Waals surface area contributed by atoms with Crippen LogP contribution in [0.15, 0.2) is 64.6 Å². The van der Waals surface area contributed by atoms with Crippen molar-refractivity contribution in [1.29, 1.82) is 0 Å². The minimum atomic E-state index is -3.67. The summed E-state index contributed by atoms with van der Waals surface area (Å²) in [7, 11) is -3.67. The molecule has 1 N–H and O–H groups in total. The third-order valence-electron chi connectivity index (χ3n) is 5.30. The Kier molecular flexibility index (Phi) is 6.75. The first-order chi connectivity index (χ1) is 14.0. The topological polar surface area (TPSA) is 79.0 Å². The first kappa shape index (κ1) is 22.2. The number of nitrogens with zero attached hydrogens (tertiary/aromatic N) is 3. The zero-order valence-corrected chi connectivity index (χ0v) is 18.6. The van der Waals surface area contributed by atoms with Crippen LogP contribution in [0.3, 0.4) is 0 Å². The van der Waals surface area contributed by atoms with Crippen LogP contribution < -0.4 is 0 Å². The summed E-state index contributed by atoms with van der Waals surface area (Å²) in [5.41, 5.74) is 1.52. The fourth-order valence-corrected chi connectivity index (χ4v) is 5.09. The van der Waals surface area contributed by atoms with E-state index in [0.717, 1.165) is 48.3 Å². The van der Waals surface area contributed by atoms with Crippen molar-refractivity contribution in [2.24, 2.45) is 0 Å². The number of sulfone groups is 1. The van der Waals surface area contributed by atoms with Gasteiger partial charge in [-0.2, -0.15) is 0 Å². The molecule has 0 aliphatic heterocycles. The number of aromatic amines is 1. The lowest BCUT2D eigenvalue weighted by Gasteiger charge is -2.16. The SMILES string of the molecule is CCN(CC)CCc1nc2ccc(S(=O)(=O)c3cccc4cnccc34)cc2[nH]1.Cl.